The fourth-order valence-corrected chi connectivity index (χ4v) is 1.62. The summed E-state index contributed by atoms with van der Waals surface area (Å²) in [4.78, 5) is 38.5. The topological polar surface area (TPSA) is 76.1 Å². The van der Waals surface area contributed by atoms with Gasteiger partial charge in [0.1, 0.15) is 5.69 Å². The number of carbonyl (C=O) groups is 3. The number of pyridine rings is 1. The molecule has 1 aliphatic carbocycles. The van der Waals surface area contributed by atoms with E-state index in [9.17, 15) is 14.4 Å². The molecule has 17 heavy (non-hydrogen) atoms. The number of ketones is 2. The van der Waals surface area contributed by atoms with Crippen molar-refractivity contribution in [3.63, 3.8) is 0 Å². The van der Waals surface area contributed by atoms with E-state index in [1.165, 1.54) is 13.1 Å². The van der Waals surface area contributed by atoms with Crippen LogP contribution in [0.25, 0.3) is 0 Å². The van der Waals surface area contributed by atoms with Crippen molar-refractivity contribution in [1.82, 2.24) is 10.3 Å². The highest BCUT2D eigenvalue weighted by molar-refractivity contribution is 6.24. The van der Waals surface area contributed by atoms with E-state index < -0.39 is 11.7 Å². The summed E-state index contributed by atoms with van der Waals surface area (Å²) in [7, 11) is 0. The van der Waals surface area contributed by atoms with Gasteiger partial charge in [-0.25, -0.2) is 0 Å². The molecule has 1 aromatic heterocycles. The molecule has 0 bridgehead atoms. The quantitative estimate of drug-likeness (QED) is 0.773. The minimum Gasteiger partial charge on any atom is -0.323 e. The van der Waals surface area contributed by atoms with Crippen molar-refractivity contribution in [3.8, 4) is 0 Å². The van der Waals surface area contributed by atoms with Gasteiger partial charge in [0.15, 0.2) is 5.78 Å². The van der Waals surface area contributed by atoms with E-state index in [4.69, 9.17) is 0 Å². The third-order valence-corrected chi connectivity index (χ3v) is 2.34. The molecule has 86 valence electrons. The van der Waals surface area contributed by atoms with Crippen LogP contribution in [0.1, 0.15) is 33.3 Å². The second-order valence-electron chi connectivity index (χ2n) is 3.84. The van der Waals surface area contributed by atoms with Crippen LogP contribution in [-0.2, 0) is 4.79 Å². The number of nitrogens with one attached hydrogen (secondary N) is 1. The molecule has 0 saturated carbocycles. The van der Waals surface area contributed by atoms with Crippen LogP contribution in [-0.4, -0.2) is 22.5 Å². The largest absolute Gasteiger partial charge is 0.323 e. The number of aromatic nitrogens is 1. The van der Waals surface area contributed by atoms with Crippen LogP contribution in [0.5, 0.6) is 0 Å². The number of amides is 1. The van der Waals surface area contributed by atoms with E-state index in [0.717, 1.165) is 11.6 Å². The Labute approximate surface area is 97.5 Å². The second-order valence-corrected chi connectivity index (χ2v) is 3.84. The lowest BCUT2D eigenvalue weighted by molar-refractivity contribution is -0.118. The summed E-state index contributed by atoms with van der Waals surface area (Å²) in [5.74, 6) is -1.15. The van der Waals surface area contributed by atoms with Gasteiger partial charge in [0.2, 0.25) is 11.7 Å². The zero-order chi connectivity index (χ0) is 12.6. The molecule has 1 heterocycles. The average Bonchev–Trinajstić information content (AvgIpc) is 2.25. The summed E-state index contributed by atoms with van der Waals surface area (Å²) < 4.78 is 0. The van der Waals surface area contributed by atoms with Gasteiger partial charge in [0.25, 0.3) is 0 Å². The number of Topliss-reactive ketones (excluding diaryl/α,β-unsaturated/α-hetero) is 1. The summed E-state index contributed by atoms with van der Waals surface area (Å²) >= 11 is 0. The van der Waals surface area contributed by atoms with Crippen LogP contribution in [0.3, 0.4) is 0 Å². The number of hydrogen-bond acceptors (Lipinski definition) is 4. The van der Waals surface area contributed by atoms with Crippen molar-refractivity contribution in [2.75, 3.05) is 0 Å². The van der Waals surface area contributed by atoms with E-state index in [1.54, 1.807) is 13.0 Å². The first-order valence-electron chi connectivity index (χ1n) is 5.04. The molecule has 0 aromatic carbocycles. The van der Waals surface area contributed by atoms with E-state index >= 15 is 0 Å². The van der Waals surface area contributed by atoms with Crippen molar-refractivity contribution in [2.24, 2.45) is 0 Å². The molecule has 1 N–H and O–H groups in total. The van der Waals surface area contributed by atoms with Crippen LogP contribution in [0.4, 0.5) is 0 Å². The SMILES string of the molecule is CC(=O)NC1=CC(=O)c2cc(C)cnc2C1=O. The first-order chi connectivity index (χ1) is 7.99. The summed E-state index contributed by atoms with van der Waals surface area (Å²) in [6, 6.07) is 1.61. The maximum Gasteiger partial charge on any atom is 0.228 e. The average molecular weight is 230 g/mol. The lowest BCUT2D eigenvalue weighted by Gasteiger charge is -2.14. The Morgan fingerprint density at radius 1 is 1.35 bits per heavy atom. The van der Waals surface area contributed by atoms with Crippen LogP contribution in [0, 0.1) is 6.92 Å². The first-order valence-corrected chi connectivity index (χ1v) is 5.04. The van der Waals surface area contributed by atoms with E-state index in [0.29, 0.717) is 0 Å². The molecule has 0 atom stereocenters. The number of nitrogens with zero attached hydrogens (tertiary/aromatic N) is 1. The molecule has 5 nitrogen and oxygen atoms in total. The van der Waals surface area contributed by atoms with E-state index in [2.05, 4.69) is 10.3 Å². The lowest BCUT2D eigenvalue weighted by atomic mass is 9.96. The standard InChI is InChI=1S/C12H10N2O3/c1-6-3-8-10(16)4-9(14-7(2)15)12(17)11(8)13-5-6/h3-5H,1-2H3,(H,14,15). The maximum absolute atomic E-state index is 11.9. The molecular weight excluding hydrogens is 220 g/mol. The van der Waals surface area contributed by atoms with Gasteiger partial charge in [0, 0.05) is 19.2 Å². The minimum absolute atomic E-state index is 0.0219. The highest BCUT2D eigenvalue weighted by Crippen LogP contribution is 2.18. The molecule has 2 rings (SSSR count). The number of rotatable bonds is 1. The number of aryl methyl sites for hydroxylation is 1. The van der Waals surface area contributed by atoms with Gasteiger partial charge >= 0.3 is 0 Å². The Balaban J connectivity index is 2.49. The van der Waals surface area contributed by atoms with Gasteiger partial charge in [-0.05, 0) is 18.6 Å². The van der Waals surface area contributed by atoms with Crippen molar-refractivity contribution >= 4 is 17.5 Å². The van der Waals surface area contributed by atoms with Gasteiger partial charge in [-0.2, -0.15) is 0 Å². The van der Waals surface area contributed by atoms with Crippen molar-refractivity contribution in [2.45, 2.75) is 13.8 Å². The lowest BCUT2D eigenvalue weighted by Crippen LogP contribution is -2.30. The van der Waals surface area contributed by atoms with Crippen LogP contribution in [0.15, 0.2) is 24.0 Å². The molecule has 0 radical (unpaired) electrons. The maximum atomic E-state index is 11.9. The zero-order valence-electron chi connectivity index (χ0n) is 9.40. The molecule has 1 aromatic rings. The monoisotopic (exact) mass is 230 g/mol. The molecule has 0 spiro atoms. The summed E-state index contributed by atoms with van der Waals surface area (Å²) in [6.07, 6.45) is 2.65. The van der Waals surface area contributed by atoms with Gasteiger partial charge in [-0.15, -0.1) is 0 Å². The molecule has 1 aliphatic rings. The third kappa shape index (κ3) is 1.99. The summed E-state index contributed by atoms with van der Waals surface area (Å²) in [5, 5.41) is 2.33. The minimum atomic E-state index is -0.435. The normalized spacial score (nSPS) is 14.1. The highest BCUT2D eigenvalue weighted by atomic mass is 16.2. The molecule has 0 saturated heterocycles. The summed E-state index contributed by atoms with van der Waals surface area (Å²) in [5.41, 5.74) is 1.16. The number of allylic oxidation sites excluding steroid dienone is 2. The molecule has 5 heteroatoms. The second kappa shape index (κ2) is 3.93. The highest BCUT2D eigenvalue weighted by Gasteiger charge is 2.27. The van der Waals surface area contributed by atoms with Crippen LogP contribution < -0.4 is 5.32 Å². The van der Waals surface area contributed by atoms with Crippen molar-refractivity contribution in [1.29, 1.82) is 0 Å². The predicted molar refractivity (Wildman–Crippen MR) is 59.5 cm³/mol. The smallest absolute Gasteiger partial charge is 0.228 e. The first kappa shape index (κ1) is 11.2. The van der Waals surface area contributed by atoms with Gasteiger partial charge in [-0.1, -0.05) is 0 Å². The van der Waals surface area contributed by atoms with E-state index in [-0.39, 0.29) is 22.7 Å². The van der Waals surface area contributed by atoms with Crippen LogP contribution >= 0.6 is 0 Å². The van der Waals surface area contributed by atoms with Crippen molar-refractivity contribution in [3.05, 3.63) is 40.9 Å². The van der Waals surface area contributed by atoms with E-state index in [1.807, 2.05) is 0 Å². The molecule has 0 aliphatic heterocycles. The summed E-state index contributed by atoms with van der Waals surface area (Å²) in [6.45, 7) is 3.06. The number of hydrogen-bond donors (Lipinski definition) is 1. The number of carbonyl (C=O) groups excluding carboxylic acids is 3. The molecule has 1 amide bonds. The van der Waals surface area contributed by atoms with Gasteiger partial charge in [-0.3, -0.25) is 19.4 Å². The molecule has 0 unspecified atom stereocenters. The third-order valence-electron chi connectivity index (χ3n) is 2.34. The van der Waals surface area contributed by atoms with Crippen LogP contribution in [0.2, 0.25) is 0 Å². The Kier molecular flexibility index (Phi) is 2.59. The predicted octanol–water partition coefficient (Wildman–Crippen LogP) is 0.789. The Bertz CT molecular complexity index is 573. The zero-order valence-corrected chi connectivity index (χ0v) is 9.40. The Hall–Kier alpha value is -2.30. The van der Waals surface area contributed by atoms with Gasteiger partial charge < -0.3 is 5.32 Å². The van der Waals surface area contributed by atoms with Gasteiger partial charge in [0.05, 0.1) is 11.3 Å². The Morgan fingerprint density at radius 2 is 2.06 bits per heavy atom. The molecular formula is C12H10N2O3. The Morgan fingerprint density at radius 3 is 2.71 bits per heavy atom. The fourth-order valence-electron chi connectivity index (χ4n) is 1.62. The molecule has 0 fully saturated rings. The fraction of sp³-hybridized carbons (Fsp3) is 0.167. The van der Waals surface area contributed by atoms with Crippen molar-refractivity contribution < 1.29 is 14.4 Å². The number of fused-ring (bicyclic) bond motifs is 1.